The van der Waals surface area contributed by atoms with E-state index in [1.165, 1.54) is 4.90 Å². The van der Waals surface area contributed by atoms with Crippen molar-refractivity contribution in [1.29, 1.82) is 0 Å². The van der Waals surface area contributed by atoms with Crippen LogP contribution in [0, 0.1) is 5.92 Å². The zero-order valence-corrected chi connectivity index (χ0v) is 24.1. The molecule has 3 N–H and O–H groups in total. The number of likely N-dealkylation sites (tertiary alicyclic amines) is 1. The number of ether oxygens (including phenoxy) is 1. The average Bonchev–Trinajstić information content (AvgIpc) is 3.44. The number of ketones is 1. The maximum Gasteiger partial charge on any atom is 0.336 e. The molecular formula is C27H38N4O8S. The van der Waals surface area contributed by atoms with Crippen LogP contribution in [0.15, 0.2) is 30.3 Å². The second-order valence-electron chi connectivity index (χ2n) is 11.0. The van der Waals surface area contributed by atoms with Gasteiger partial charge in [-0.3, -0.25) is 24.0 Å². The fourth-order valence-corrected chi connectivity index (χ4v) is 4.97. The second kappa shape index (κ2) is 12.9. The Kier molecular flexibility index (Phi) is 10.1. The van der Waals surface area contributed by atoms with Crippen LogP contribution in [0.2, 0.25) is 0 Å². The van der Waals surface area contributed by atoms with Gasteiger partial charge in [-0.1, -0.05) is 44.2 Å². The minimum atomic E-state index is -4.01. The van der Waals surface area contributed by atoms with E-state index in [1.54, 1.807) is 6.92 Å². The lowest BCUT2D eigenvalue weighted by molar-refractivity contribution is -0.139. The third-order valence-corrected chi connectivity index (χ3v) is 7.77. The van der Waals surface area contributed by atoms with E-state index in [1.807, 2.05) is 44.2 Å². The van der Waals surface area contributed by atoms with Crippen molar-refractivity contribution >= 4 is 38.6 Å². The SMILES string of the molecule is CC(C)C[C@H](NC(=O)[C@H](Cc1ccccc1)NC(=O)[C@@H]1CCCN1C(=O)CNC(=O)S(C)(=O)=O)C(=O)[C@@]1(C)CO1. The molecule has 1 aromatic carbocycles. The predicted octanol–water partition coefficient (Wildman–Crippen LogP) is 0.348. The molecule has 0 bridgehead atoms. The molecule has 13 heteroatoms. The van der Waals surface area contributed by atoms with Gasteiger partial charge in [0.15, 0.2) is 5.78 Å². The van der Waals surface area contributed by atoms with Crippen LogP contribution in [0.25, 0.3) is 0 Å². The summed E-state index contributed by atoms with van der Waals surface area (Å²) in [5.74, 6) is -1.81. The molecule has 0 saturated carbocycles. The van der Waals surface area contributed by atoms with Crippen molar-refractivity contribution in [3.63, 3.8) is 0 Å². The van der Waals surface area contributed by atoms with E-state index in [0.29, 0.717) is 19.3 Å². The maximum absolute atomic E-state index is 13.5. The Morgan fingerprint density at radius 3 is 2.30 bits per heavy atom. The lowest BCUT2D eigenvalue weighted by Gasteiger charge is -2.28. The molecule has 0 unspecified atom stereocenters. The van der Waals surface area contributed by atoms with Crippen LogP contribution >= 0.6 is 0 Å². The van der Waals surface area contributed by atoms with E-state index >= 15 is 0 Å². The highest BCUT2D eigenvalue weighted by molar-refractivity contribution is 8.05. The maximum atomic E-state index is 13.5. The first kappa shape index (κ1) is 31.2. The van der Waals surface area contributed by atoms with Crippen LogP contribution in [0.3, 0.4) is 0 Å². The van der Waals surface area contributed by atoms with E-state index < -0.39 is 63.1 Å². The number of sulfone groups is 1. The van der Waals surface area contributed by atoms with Gasteiger partial charge in [0, 0.05) is 19.2 Å². The van der Waals surface area contributed by atoms with Crippen molar-refractivity contribution in [1.82, 2.24) is 20.9 Å². The minimum Gasteiger partial charge on any atom is -0.361 e. The molecule has 1 aromatic rings. The summed E-state index contributed by atoms with van der Waals surface area (Å²) >= 11 is 0. The first-order valence-electron chi connectivity index (χ1n) is 13.3. The summed E-state index contributed by atoms with van der Waals surface area (Å²) in [6.45, 7) is 5.51. The topological polar surface area (TPSA) is 171 Å². The number of nitrogens with zero attached hydrogens (tertiary/aromatic N) is 1. The highest BCUT2D eigenvalue weighted by Gasteiger charge is 2.50. The monoisotopic (exact) mass is 578 g/mol. The molecule has 2 fully saturated rings. The van der Waals surface area contributed by atoms with Crippen molar-refractivity contribution in [3.05, 3.63) is 35.9 Å². The molecule has 4 atom stereocenters. The smallest absolute Gasteiger partial charge is 0.336 e. The van der Waals surface area contributed by atoms with Crippen LogP contribution < -0.4 is 16.0 Å². The number of hydrogen-bond donors (Lipinski definition) is 3. The van der Waals surface area contributed by atoms with Gasteiger partial charge in [-0.2, -0.15) is 0 Å². The molecule has 220 valence electrons. The number of carbonyl (C=O) groups excluding carboxylic acids is 5. The fourth-order valence-electron chi connectivity index (χ4n) is 4.64. The Labute approximate surface area is 234 Å². The Morgan fingerprint density at radius 2 is 1.73 bits per heavy atom. The number of nitrogens with one attached hydrogen (secondary N) is 3. The van der Waals surface area contributed by atoms with Crippen molar-refractivity contribution in [3.8, 4) is 0 Å². The molecule has 12 nitrogen and oxygen atoms in total. The molecule has 4 amide bonds. The van der Waals surface area contributed by atoms with Gasteiger partial charge in [-0.05, 0) is 37.7 Å². The van der Waals surface area contributed by atoms with Crippen molar-refractivity contribution in [2.24, 2.45) is 5.92 Å². The van der Waals surface area contributed by atoms with Crippen molar-refractivity contribution < 1.29 is 37.1 Å². The third-order valence-electron chi connectivity index (χ3n) is 6.95. The lowest BCUT2D eigenvalue weighted by atomic mass is 9.93. The van der Waals surface area contributed by atoms with Crippen molar-refractivity contribution in [2.45, 2.75) is 70.2 Å². The number of epoxide rings is 1. The lowest BCUT2D eigenvalue weighted by Crippen LogP contribution is -2.57. The molecule has 2 aliphatic rings. The molecular weight excluding hydrogens is 540 g/mol. The van der Waals surface area contributed by atoms with Gasteiger partial charge >= 0.3 is 5.24 Å². The Bertz CT molecular complexity index is 1230. The van der Waals surface area contributed by atoms with Gasteiger partial charge in [-0.25, -0.2) is 8.42 Å². The molecule has 40 heavy (non-hydrogen) atoms. The van der Waals surface area contributed by atoms with Crippen LogP contribution in [0.5, 0.6) is 0 Å². The molecule has 0 aromatic heterocycles. The van der Waals surface area contributed by atoms with E-state index in [9.17, 15) is 32.4 Å². The second-order valence-corrected chi connectivity index (χ2v) is 12.9. The minimum absolute atomic E-state index is 0.111. The summed E-state index contributed by atoms with van der Waals surface area (Å²) in [4.78, 5) is 65.6. The van der Waals surface area contributed by atoms with Crippen LogP contribution in [0.4, 0.5) is 4.79 Å². The molecule has 3 rings (SSSR count). The third kappa shape index (κ3) is 8.34. The summed E-state index contributed by atoms with van der Waals surface area (Å²) in [7, 11) is -4.01. The molecule has 0 spiro atoms. The van der Waals surface area contributed by atoms with E-state index in [-0.39, 0.29) is 31.3 Å². The number of benzene rings is 1. The molecule has 2 heterocycles. The number of amides is 4. The Balaban J connectivity index is 1.74. The Hall–Kier alpha value is -3.32. The van der Waals surface area contributed by atoms with Crippen LogP contribution in [0.1, 0.15) is 45.6 Å². The zero-order valence-electron chi connectivity index (χ0n) is 23.3. The van der Waals surface area contributed by atoms with Crippen molar-refractivity contribution in [2.75, 3.05) is 26.0 Å². The average molecular weight is 579 g/mol. The number of rotatable bonds is 12. The highest BCUT2D eigenvalue weighted by atomic mass is 32.2. The van der Waals surface area contributed by atoms with Gasteiger partial charge in [0.2, 0.25) is 27.6 Å². The first-order valence-corrected chi connectivity index (χ1v) is 15.2. The molecule has 0 aliphatic carbocycles. The van der Waals surface area contributed by atoms with Gasteiger partial charge < -0.3 is 25.6 Å². The summed E-state index contributed by atoms with van der Waals surface area (Å²) in [6, 6.07) is 6.35. The Morgan fingerprint density at radius 1 is 1.07 bits per heavy atom. The summed E-state index contributed by atoms with van der Waals surface area (Å²) in [5, 5.41) is 6.36. The fraction of sp³-hybridized carbons (Fsp3) is 0.593. The van der Waals surface area contributed by atoms with E-state index in [0.717, 1.165) is 11.8 Å². The first-order chi connectivity index (χ1) is 18.7. The van der Waals surface area contributed by atoms with E-state index in [2.05, 4.69) is 16.0 Å². The van der Waals surface area contributed by atoms with Gasteiger partial charge in [0.05, 0.1) is 19.2 Å². The van der Waals surface area contributed by atoms with Gasteiger partial charge in [0.25, 0.3) is 0 Å². The van der Waals surface area contributed by atoms with Crippen LogP contribution in [-0.4, -0.2) is 91.7 Å². The summed E-state index contributed by atoms with van der Waals surface area (Å²) in [5.41, 5.74) is -0.141. The van der Waals surface area contributed by atoms with Gasteiger partial charge in [0.1, 0.15) is 17.7 Å². The number of hydrogen-bond acceptors (Lipinski definition) is 8. The largest absolute Gasteiger partial charge is 0.361 e. The standard InChI is InChI=1S/C27H38N4O8S/c1-17(2)13-19(23(33)27(3)16-39-27)29-24(34)20(14-18-9-6-5-7-10-18)30-25(35)21-11-8-12-31(21)22(32)15-28-26(36)40(4,37)38/h5-7,9-10,17,19-21H,8,11-16H2,1-4H3,(H,28,36)(H,29,34)(H,30,35)/t19-,20-,21-,27+/m0/s1. The molecule has 0 radical (unpaired) electrons. The molecule has 2 aliphatic heterocycles. The normalized spacial score (nSPS) is 21.8. The predicted molar refractivity (Wildman–Crippen MR) is 146 cm³/mol. The summed E-state index contributed by atoms with van der Waals surface area (Å²) in [6.07, 6.45) is 2.14. The quantitative estimate of drug-likeness (QED) is 0.298. The van der Waals surface area contributed by atoms with Gasteiger partial charge in [-0.15, -0.1) is 0 Å². The molecule has 2 saturated heterocycles. The summed E-state index contributed by atoms with van der Waals surface area (Å²) < 4.78 is 28.0. The number of Topliss-reactive ketones (excluding diaryl/α,β-unsaturated/α-hetero) is 1. The highest BCUT2D eigenvalue weighted by Crippen LogP contribution is 2.29. The van der Waals surface area contributed by atoms with Crippen LogP contribution in [-0.2, 0) is 40.2 Å². The van der Waals surface area contributed by atoms with E-state index in [4.69, 9.17) is 4.74 Å². The zero-order chi connectivity index (χ0) is 29.7. The number of carbonyl (C=O) groups is 5.